The van der Waals surface area contributed by atoms with Crippen molar-refractivity contribution < 1.29 is 5.11 Å². The van der Waals surface area contributed by atoms with E-state index in [1.165, 1.54) is 19.3 Å². The van der Waals surface area contributed by atoms with Crippen LogP contribution in [0.25, 0.3) is 0 Å². The average Bonchev–Trinajstić information content (AvgIpc) is 2.09. The molecule has 4 unspecified atom stereocenters. The maximum absolute atomic E-state index is 9.57. The van der Waals surface area contributed by atoms with Gasteiger partial charge in [0.05, 0.1) is 6.10 Å². The van der Waals surface area contributed by atoms with Crippen molar-refractivity contribution >= 4 is 0 Å². The first-order valence-corrected chi connectivity index (χ1v) is 4.51. The molecule has 0 radical (unpaired) electrons. The van der Waals surface area contributed by atoms with E-state index >= 15 is 0 Å². The van der Waals surface area contributed by atoms with Gasteiger partial charge < -0.3 is 5.11 Å². The third-order valence-corrected chi connectivity index (χ3v) is 3.54. The van der Waals surface area contributed by atoms with Crippen LogP contribution in [-0.4, -0.2) is 11.2 Å². The molecule has 2 aliphatic rings. The molecular weight excluding hydrogens is 124 g/mol. The molecule has 2 saturated carbocycles. The first-order chi connectivity index (χ1) is 4.83. The van der Waals surface area contributed by atoms with E-state index in [9.17, 15) is 5.11 Å². The minimum atomic E-state index is 0.0440. The quantitative estimate of drug-likeness (QED) is 0.589. The lowest BCUT2D eigenvalue weighted by atomic mass is 9.72. The summed E-state index contributed by atoms with van der Waals surface area (Å²) in [6.45, 7) is 2.20. The van der Waals surface area contributed by atoms with Crippen LogP contribution in [0, 0.1) is 17.8 Å². The molecule has 2 rings (SSSR count). The van der Waals surface area contributed by atoms with Crippen molar-refractivity contribution in [2.24, 2.45) is 17.8 Å². The van der Waals surface area contributed by atoms with Crippen molar-refractivity contribution in [3.63, 3.8) is 0 Å². The van der Waals surface area contributed by atoms with Crippen LogP contribution < -0.4 is 0 Å². The SMILES string of the molecule is CCC1C(O)CC2CCC21. The lowest BCUT2D eigenvalue weighted by molar-refractivity contribution is 0.104. The fourth-order valence-corrected chi connectivity index (χ4v) is 2.80. The van der Waals surface area contributed by atoms with Gasteiger partial charge in [-0.25, -0.2) is 0 Å². The van der Waals surface area contributed by atoms with Crippen LogP contribution in [0.1, 0.15) is 32.6 Å². The van der Waals surface area contributed by atoms with Crippen molar-refractivity contribution in [2.45, 2.75) is 38.7 Å². The first kappa shape index (κ1) is 6.66. The zero-order valence-electron chi connectivity index (χ0n) is 6.59. The number of hydrogen-bond acceptors (Lipinski definition) is 1. The number of hydrogen-bond donors (Lipinski definition) is 1. The van der Waals surface area contributed by atoms with Crippen LogP contribution in [0.4, 0.5) is 0 Å². The summed E-state index contributed by atoms with van der Waals surface area (Å²) in [6, 6.07) is 0. The molecule has 0 aromatic rings. The summed E-state index contributed by atoms with van der Waals surface area (Å²) in [5.74, 6) is 2.46. The molecule has 0 heterocycles. The summed E-state index contributed by atoms with van der Waals surface area (Å²) in [5, 5.41) is 9.57. The first-order valence-electron chi connectivity index (χ1n) is 4.51. The predicted molar refractivity (Wildman–Crippen MR) is 40.6 cm³/mol. The molecule has 4 atom stereocenters. The molecule has 58 valence electrons. The molecule has 0 aromatic carbocycles. The fourth-order valence-electron chi connectivity index (χ4n) is 2.80. The topological polar surface area (TPSA) is 20.2 Å². The minimum absolute atomic E-state index is 0.0440. The molecule has 0 bridgehead atoms. The standard InChI is InChI=1S/C9H16O/c1-2-7-8-4-3-6(8)5-9(7)10/h6-10H,2-5H2,1H3. The summed E-state index contributed by atoms with van der Waals surface area (Å²) >= 11 is 0. The highest BCUT2D eigenvalue weighted by Gasteiger charge is 2.46. The van der Waals surface area contributed by atoms with Gasteiger partial charge in [-0.1, -0.05) is 13.3 Å². The second-order valence-electron chi connectivity index (χ2n) is 3.88. The Morgan fingerprint density at radius 1 is 1.40 bits per heavy atom. The number of rotatable bonds is 1. The molecule has 1 N–H and O–H groups in total. The maximum Gasteiger partial charge on any atom is 0.0573 e. The minimum Gasteiger partial charge on any atom is -0.393 e. The predicted octanol–water partition coefficient (Wildman–Crippen LogP) is 1.80. The normalized spacial score (nSPS) is 52.2. The number of aliphatic hydroxyl groups is 1. The molecule has 10 heavy (non-hydrogen) atoms. The molecular formula is C9H16O. The number of aliphatic hydroxyl groups excluding tert-OH is 1. The van der Waals surface area contributed by atoms with Gasteiger partial charge >= 0.3 is 0 Å². The van der Waals surface area contributed by atoms with Crippen molar-refractivity contribution in [1.82, 2.24) is 0 Å². The highest BCUT2D eigenvalue weighted by atomic mass is 16.3. The van der Waals surface area contributed by atoms with Crippen LogP contribution >= 0.6 is 0 Å². The van der Waals surface area contributed by atoms with Gasteiger partial charge in [0.25, 0.3) is 0 Å². The fraction of sp³-hybridized carbons (Fsp3) is 1.00. The van der Waals surface area contributed by atoms with Gasteiger partial charge in [-0.15, -0.1) is 0 Å². The van der Waals surface area contributed by atoms with Crippen LogP contribution in [0.3, 0.4) is 0 Å². The van der Waals surface area contributed by atoms with Gasteiger partial charge in [0, 0.05) is 0 Å². The summed E-state index contributed by atoms with van der Waals surface area (Å²) in [7, 11) is 0. The summed E-state index contributed by atoms with van der Waals surface area (Å²) in [4.78, 5) is 0. The molecule has 0 aromatic heterocycles. The molecule has 1 heteroatoms. The van der Waals surface area contributed by atoms with Gasteiger partial charge in [-0.3, -0.25) is 0 Å². The molecule has 1 nitrogen and oxygen atoms in total. The van der Waals surface area contributed by atoms with Crippen molar-refractivity contribution in [2.75, 3.05) is 0 Å². The van der Waals surface area contributed by atoms with Crippen LogP contribution in [0.2, 0.25) is 0 Å². The Morgan fingerprint density at radius 2 is 2.20 bits per heavy atom. The van der Waals surface area contributed by atoms with Crippen molar-refractivity contribution in [1.29, 1.82) is 0 Å². The second kappa shape index (κ2) is 2.23. The van der Waals surface area contributed by atoms with E-state index in [0.29, 0.717) is 5.92 Å². The highest BCUT2D eigenvalue weighted by molar-refractivity contribution is 4.96. The Hall–Kier alpha value is -0.0400. The monoisotopic (exact) mass is 140 g/mol. The summed E-state index contributed by atoms with van der Waals surface area (Å²) in [5.41, 5.74) is 0. The summed E-state index contributed by atoms with van der Waals surface area (Å²) in [6.07, 6.45) is 5.10. The van der Waals surface area contributed by atoms with E-state index in [1.54, 1.807) is 0 Å². The van der Waals surface area contributed by atoms with Gasteiger partial charge in [-0.05, 0) is 37.0 Å². The van der Waals surface area contributed by atoms with E-state index in [0.717, 1.165) is 18.3 Å². The Balaban J connectivity index is 2.04. The Labute approximate surface area is 62.4 Å². The van der Waals surface area contributed by atoms with E-state index in [1.807, 2.05) is 0 Å². The Morgan fingerprint density at radius 3 is 2.50 bits per heavy atom. The van der Waals surface area contributed by atoms with Crippen LogP contribution in [0.5, 0.6) is 0 Å². The zero-order chi connectivity index (χ0) is 7.14. The smallest absolute Gasteiger partial charge is 0.0573 e. The molecule has 2 aliphatic carbocycles. The van der Waals surface area contributed by atoms with Gasteiger partial charge in [0.2, 0.25) is 0 Å². The van der Waals surface area contributed by atoms with E-state index in [2.05, 4.69) is 6.92 Å². The van der Waals surface area contributed by atoms with Gasteiger partial charge in [0.15, 0.2) is 0 Å². The molecule has 0 spiro atoms. The van der Waals surface area contributed by atoms with E-state index in [-0.39, 0.29) is 6.10 Å². The van der Waals surface area contributed by atoms with Crippen molar-refractivity contribution in [3.05, 3.63) is 0 Å². The summed E-state index contributed by atoms with van der Waals surface area (Å²) < 4.78 is 0. The molecule has 0 amide bonds. The van der Waals surface area contributed by atoms with Gasteiger partial charge in [0.1, 0.15) is 0 Å². The van der Waals surface area contributed by atoms with Crippen LogP contribution in [0.15, 0.2) is 0 Å². The number of fused-ring (bicyclic) bond motifs is 1. The van der Waals surface area contributed by atoms with Gasteiger partial charge in [-0.2, -0.15) is 0 Å². The highest BCUT2D eigenvalue weighted by Crippen LogP contribution is 2.51. The van der Waals surface area contributed by atoms with Crippen molar-refractivity contribution in [3.8, 4) is 0 Å². The third kappa shape index (κ3) is 0.731. The average molecular weight is 140 g/mol. The largest absolute Gasteiger partial charge is 0.393 e. The lowest BCUT2D eigenvalue weighted by Gasteiger charge is -2.33. The molecule has 0 saturated heterocycles. The van der Waals surface area contributed by atoms with Crippen LogP contribution in [-0.2, 0) is 0 Å². The Kier molecular flexibility index (Phi) is 1.48. The maximum atomic E-state index is 9.57. The Bertz CT molecular complexity index is 133. The van der Waals surface area contributed by atoms with E-state index < -0.39 is 0 Å². The second-order valence-corrected chi connectivity index (χ2v) is 3.88. The zero-order valence-corrected chi connectivity index (χ0v) is 6.59. The molecule has 0 aliphatic heterocycles. The third-order valence-electron chi connectivity index (χ3n) is 3.54. The lowest BCUT2D eigenvalue weighted by Crippen LogP contribution is -2.26. The van der Waals surface area contributed by atoms with E-state index in [4.69, 9.17) is 0 Å². The molecule has 2 fully saturated rings.